The third kappa shape index (κ3) is 3.43. The van der Waals surface area contributed by atoms with E-state index in [1.807, 2.05) is 0 Å². The molecule has 0 atom stereocenters. The van der Waals surface area contributed by atoms with Gasteiger partial charge in [-0.15, -0.1) is 0 Å². The van der Waals surface area contributed by atoms with Gasteiger partial charge in [-0.3, -0.25) is 4.79 Å². The van der Waals surface area contributed by atoms with Crippen LogP contribution in [0.5, 0.6) is 0 Å². The fourth-order valence-corrected chi connectivity index (χ4v) is 2.37. The fourth-order valence-electron chi connectivity index (χ4n) is 2.37. The van der Waals surface area contributed by atoms with Crippen molar-refractivity contribution in [3.8, 4) is 0 Å². The van der Waals surface area contributed by atoms with Crippen molar-refractivity contribution < 1.29 is 9.53 Å². The first-order valence-corrected chi connectivity index (χ1v) is 7.66. The van der Waals surface area contributed by atoms with Gasteiger partial charge < -0.3 is 20.4 Å². The lowest BCUT2D eigenvalue weighted by atomic mass is 10.1. The van der Waals surface area contributed by atoms with Gasteiger partial charge in [0.25, 0.3) is 5.56 Å². The van der Waals surface area contributed by atoms with Gasteiger partial charge in [0.05, 0.1) is 30.0 Å². The van der Waals surface area contributed by atoms with Gasteiger partial charge in [0.1, 0.15) is 11.6 Å². The maximum atomic E-state index is 12.3. The molecule has 10 nitrogen and oxygen atoms in total. The summed E-state index contributed by atoms with van der Waals surface area (Å²) in [6.45, 7) is 0. The normalized spacial score (nSPS) is 10.7. The standard InChI is InChI=1S/C16H17N7O3/c1-23(2)16-21-12(20-15(17)22-16)7-11-18-10-6-8(14(25)26-3)4-5-9(10)13(24)19-11/h4-6H,7H2,1-3H3,(H,18,19,24)(H2,17,20,21,22). The molecule has 0 bridgehead atoms. The number of esters is 1. The van der Waals surface area contributed by atoms with E-state index in [9.17, 15) is 9.59 Å². The van der Waals surface area contributed by atoms with Crippen molar-refractivity contribution in [1.82, 2.24) is 24.9 Å². The summed E-state index contributed by atoms with van der Waals surface area (Å²) in [5.74, 6) is 0.697. The summed E-state index contributed by atoms with van der Waals surface area (Å²) < 4.78 is 4.69. The first-order valence-electron chi connectivity index (χ1n) is 7.66. The molecule has 1 aromatic carbocycles. The summed E-state index contributed by atoms with van der Waals surface area (Å²) >= 11 is 0. The molecular formula is C16H17N7O3. The molecule has 3 rings (SSSR count). The lowest BCUT2D eigenvalue weighted by molar-refractivity contribution is 0.0601. The number of nitrogens with one attached hydrogen (secondary N) is 1. The number of nitrogen functional groups attached to an aromatic ring is 1. The number of carbonyl (C=O) groups is 1. The van der Waals surface area contributed by atoms with E-state index in [1.54, 1.807) is 19.0 Å². The van der Waals surface area contributed by atoms with Crippen LogP contribution in [-0.4, -0.2) is 52.1 Å². The molecule has 0 amide bonds. The van der Waals surface area contributed by atoms with Crippen molar-refractivity contribution in [3.05, 3.63) is 45.8 Å². The Kier molecular flexibility index (Phi) is 4.48. The van der Waals surface area contributed by atoms with Gasteiger partial charge in [0, 0.05) is 14.1 Å². The monoisotopic (exact) mass is 355 g/mol. The van der Waals surface area contributed by atoms with Crippen molar-refractivity contribution in [2.24, 2.45) is 0 Å². The second-order valence-electron chi connectivity index (χ2n) is 5.72. The van der Waals surface area contributed by atoms with E-state index in [2.05, 4.69) is 24.9 Å². The summed E-state index contributed by atoms with van der Waals surface area (Å²) in [6, 6.07) is 4.55. The van der Waals surface area contributed by atoms with Crippen LogP contribution in [0.1, 0.15) is 22.0 Å². The number of nitrogens with zero attached hydrogens (tertiary/aromatic N) is 5. The van der Waals surface area contributed by atoms with Crippen molar-refractivity contribution >= 4 is 28.8 Å². The zero-order chi connectivity index (χ0) is 18.8. The highest BCUT2D eigenvalue weighted by Crippen LogP contribution is 2.13. The van der Waals surface area contributed by atoms with Gasteiger partial charge in [-0.2, -0.15) is 15.0 Å². The van der Waals surface area contributed by atoms with Gasteiger partial charge in [0.2, 0.25) is 11.9 Å². The molecule has 0 unspecified atom stereocenters. The van der Waals surface area contributed by atoms with E-state index >= 15 is 0 Å². The number of methoxy groups -OCH3 is 1. The molecule has 2 heterocycles. The zero-order valence-electron chi connectivity index (χ0n) is 14.5. The summed E-state index contributed by atoms with van der Waals surface area (Å²) in [5, 5.41) is 0.366. The molecular weight excluding hydrogens is 338 g/mol. The van der Waals surface area contributed by atoms with E-state index in [0.29, 0.717) is 34.1 Å². The van der Waals surface area contributed by atoms with Gasteiger partial charge >= 0.3 is 5.97 Å². The predicted molar refractivity (Wildman–Crippen MR) is 95.1 cm³/mol. The topological polar surface area (TPSA) is 140 Å². The number of ether oxygens (including phenoxy) is 1. The van der Waals surface area contributed by atoms with Crippen LogP contribution in [0.3, 0.4) is 0 Å². The van der Waals surface area contributed by atoms with E-state index in [4.69, 9.17) is 10.5 Å². The molecule has 0 saturated heterocycles. The quantitative estimate of drug-likeness (QED) is 0.625. The molecule has 0 aliphatic carbocycles. The molecule has 134 valence electrons. The van der Waals surface area contributed by atoms with Crippen molar-refractivity contribution in [3.63, 3.8) is 0 Å². The Labute approximate surface area is 148 Å². The highest BCUT2D eigenvalue weighted by atomic mass is 16.5. The average molecular weight is 355 g/mol. The summed E-state index contributed by atoms with van der Waals surface area (Å²) in [5.41, 5.74) is 6.07. The summed E-state index contributed by atoms with van der Waals surface area (Å²) in [4.78, 5) is 45.1. The number of anilines is 2. The van der Waals surface area contributed by atoms with Crippen LogP contribution in [-0.2, 0) is 11.2 Å². The smallest absolute Gasteiger partial charge is 0.337 e. The number of aromatic amines is 1. The largest absolute Gasteiger partial charge is 0.465 e. The lowest BCUT2D eigenvalue weighted by Gasteiger charge is -2.11. The molecule has 0 saturated carbocycles. The van der Waals surface area contributed by atoms with Crippen molar-refractivity contribution in [1.29, 1.82) is 0 Å². The van der Waals surface area contributed by atoms with E-state index in [1.165, 1.54) is 25.3 Å². The Morgan fingerprint density at radius 3 is 2.69 bits per heavy atom. The number of carbonyl (C=O) groups excluding carboxylic acids is 1. The maximum Gasteiger partial charge on any atom is 0.337 e. The number of hydrogen-bond donors (Lipinski definition) is 2. The van der Waals surface area contributed by atoms with Crippen LogP contribution in [0.25, 0.3) is 10.9 Å². The molecule has 3 aromatic rings. The molecule has 10 heteroatoms. The number of nitrogens with two attached hydrogens (primary N) is 1. The number of H-pyrrole nitrogens is 1. The van der Waals surface area contributed by atoms with Gasteiger partial charge in [-0.05, 0) is 18.2 Å². The highest BCUT2D eigenvalue weighted by Gasteiger charge is 2.12. The van der Waals surface area contributed by atoms with E-state index < -0.39 is 5.97 Å². The third-order valence-electron chi connectivity index (χ3n) is 3.59. The number of rotatable bonds is 4. The van der Waals surface area contributed by atoms with Crippen LogP contribution in [0.2, 0.25) is 0 Å². The van der Waals surface area contributed by atoms with Crippen LogP contribution in [0.4, 0.5) is 11.9 Å². The van der Waals surface area contributed by atoms with E-state index in [-0.39, 0.29) is 17.9 Å². The van der Waals surface area contributed by atoms with Crippen LogP contribution < -0.4 is 16.2 Å². The maximum absolute atomic E-state index is 12.3. The van der Waals surface area contributed by atoms with Crippen molar-refractivity contribution in [2.45, 2.75) is 6.42 Å². The number of aromatic nitrogens is 5. The number of benzene rings is 1. The second-order valence-corrected chi connectivity index (χ2v) is 5.72. The Balaban J connectivity index is 2.03. The first-order chi connectivity index (χ1) is 12.4. The number of fused-ring (bicyclic) bond motifs is 1. The Hall–Kier alpha value is -3.56. The summed E-state index contributed by atoms with van der Waals surface area (Å²) in [6.07, 6.45) is 0.154. The molecule has 0 spiro atoms. The Morgan fingerprint density at radius 2 is 2.00 bits per heavy atom. The van der Waals surface area contributed by atoms with Crippen LogP contribution in [0.15, 0.2) is 23.0 Å². The molecule has 0 aliphatic heterocycles. The molecule has 0 fully saturated rings. The molecule has 2 aromatic heterocycles. The average Bonchev–Trinajstić information content (AvgIpc) is 2.60. The lowest BCUT2D eigenvalue weighted by Crippen LogP contribution is -2.18. The second kappa shape index (κ2) is 6.75. The summed E-state index contributed by atoms with van der Waals surface area (Å²) in [7, 11) is 4.85. The van der Waals surface area contributed by atoms with E-state index in [0.717, 1.165) is 0 Å². The van der Waals surface area contributed by atoms with Gasteiger partial charge in [-0.1, -0.05) is 0 Å². The van der Waals surface area contributed by atoms with Gasteiger partial charge in [0.15, 0.2) is 0 Å². The van der Waals surface area contributed by atoms with Crippen LogP contribution in [0, 0.1) is 0 Å². The first kappa shape index (κ1) is 17.3. The fraction of sp³-hybridized carbons (Fsp3) is 0.250. The van der Waals surface area contributed by atoms with Crippen molar-refractivity contribution in [2.75, 3.05) is 31.8 Å². The Bertz CT molecular complexity index is 1050. The minimum atomic E-state index is -0.503. The number of hydrogen-bond acceptors (Lipinski definition) is 9. The zero-order valence-corrected chi connectivity index (χ0v) is 14.5. The predicted octanol–water partition coefficient (Wildman–Crippen LogP) is 0.134. The minimum Gasteiger partial charge on any atom is -0.465 e. The molecule has 0 radical (unpaired) electrons. The molecule has 3 N–H and O–H groups in total. The molecule has 26 heavy (non-hydrogen) atoms. The third-order valence-corrected chi connectivity index (χ3v) is 3.59. The van der Waals surface area contributed by atoms with Crippen LogP contribution >= 0.6 is 0 Å². The van der Waals surface area contributed by atoms with Gasteiger partial charge in [-0.25, -0.2) is 9.78 Å². The SMILES string of the molecule is COC(=O)c1ccc2c(=O)[nH]c(Cc3nc(N)nc(N(C)C)n3)nc2c1. The minimum absolute atomic E-state index is 0.0785. The highest BCUT2D eigenvalue weighted by molar-refractivity contribution is 5.93. The Morgan fingerprint density at radius 1 is 1.23 bits per heavy atom. The molecule has 0 aliphatic rings.